The summed E-state index contributed by atoms with van der Waals surface area (Å²) in [5, 5.41) is 13.2. The van der Waals surface area contributed by atoms with Crippen molar-refractivity contribution in [2.45, 2.75) is 18.9 Å². The Morgan fingerprint density at radius 3 is 2.84 bits per heavy atom. The number of nitrogens with one attached hydrogen (secondary N) is 1. The van der Waals surface area contributed by atoms with E-state index in [-0.39, 0.29) is 0 Å². The summed E-state index contributed by atoms with van der Waals surface area (Å²) in [5.41, 5.74) is 1.50. The lowest BCUT2D eigenvalue weighted by Gasteiger charge is -2.32. The molecule has 0 spiro atoms. The van der Waals surface area contributed by atoms with Crippen molar-refractivity contribution < 1.29 is 0 Å². The summed E-state index contributed by atoms with van der Waals surface area (Å²) in [6, 6.07) is 8.02. The fourth-order valence-corrected chi connectivity index (χ4v) is 2.57. The number of rotatable bonds is 4. The summed E-state index contributed by atoms with van der Waals surface area (Å²) in [7, 11) is 0. The second-order valence-electron chi connectivity index (χ2n) is 4.81. The van der Waals surface area contributed by atoms with Crippen molar-refractivity contribution in [3.63, 3.8) is 0 Å². The van der Waals surface area contributed by atoms with Crippen molar-refractivity contribution in [2.75, 3.05) is 25.0 Å². The standard InChI is InChI=1S/C15H18ClN3/c1-2-7-19-8-5-14(6-9-19)18-15-4-3-13(16)10-12(15)11-17/h2-4,10,14,18H,1,5-9H2. The molecule has 0 bridgehead atoms. The number of anilines is 1. The van der Waals surface area contributed by atoms with Gasteiger partial charge in [0.15, 0.2) is 0 Å². The molecular weight excluding hydrogens is 258 g/mol. The van der Waals surface area contributed by atoms with Crippen LogP contribution in [-0.4, -0.2) is 30.6 Å². The highest BCUT2D eigenvalue weighted by molar-refractivity contribution is 6.30. The van der Waals surface area contributed by atoms with Gasteiger partial charge in [-0.1, -0.05) is 17.7 Å². The van der Waals surface area contributed by atoms with Crippen LogP contribution < -0.4 is 5.32 Å². The number of nitriles is 1. The monoisotopic (exact) mass is 275 g/mol. The number of piperidine rings is 1. The van der Waals surface area contributed by atoms with Crippen LogP contribution >= 0.6 is 11.6 Å². The zero-order valence-corrected chi connectivity index (χ0v) is 11.7. The maximum Gasteiger partial charge on any atom is 0.101 e. The fraction of sp³-hybridized carbons (Fsp3) is 0.400. The second-order valence-corrected chi connectivity index (χ2v) is 5.25. The Kier molecular flexibility index (Phi) is 4.84. The van der Waals surface area contributed by atoms with E-state index < -0.39 is 0 Å². The Hall–Kier alpha value is -1.50. The van der Waals surface area contributed by atoms with Gasteiger partial charge >= 0.3 is 0 Å². The molecule has 1 heterocycles. The quantitative estimate of drug-likeness (QED) is 0.857. The van der Waals surface area contributed by atoms with Crippen molar-refractivity contribution in [2.24, 2.45) is 0 Å². The molecule has 0 atom stereocenters. The minimum atomic E-state index is 0.425. The number of likely N-dealkylation sites (tertiary alicyclic amines) is 1. The van der Waals surface area contributed by atoms with Gasteiger partial charge in [-0.3, -0.25) is 4.90 Å². The predicted molar refractivity (Wildman–Crippen MR) is 79.4 cm³/mol. The van der Waals surface area contributed by atoms with E-state index in [1.807, 2.05) is 18.2 Å². The van der Waals surface area contributed by atoms with E-state index in [9.17, 15) is 0 Å². The average Bonchev–Trinajstić information content (AvgIpc) is 2.43. The van der Waals surface area contributed by atoms with Crippen LogP contribution in [0.1, 0.15) is 18.4 Å². The van der Waals surface area contributed by atoms with Crippen LogP contribution in [0.5, 0.6) is 0 Å². The van der Waals surface area contributed by atoms with Gasteiger partial charge in [0.05, 0.1) is 11.3 Å². The first-order chi connectivity index (χ1) is 9.22. The van der Waals surface area contributed by atoms with E-state index >= 15 is 0 Å². The molecule has 100 valence electrons. The number of halogens is 1. The number of hydrogen-bond donors (Lipinski definition) is 1. The van der Waals surface area contributed by atoms with Crippen molar-refractivity contribution in [3.8, 4) is 6.07 Å². The van der Waals surface area contributed by atoms with Crippen LogP contribution in [0, 0.1) is 11.3 Å². The van der Waals surface area contributed by atoms with E-state index in [0.717, 1.165) is 38.2 Å². The molecule has 1 aliphatic rings. The molecule has 0 unspecified atom stereocenters. The molecule has 1 fully saturated rings. The lowest BCUT2D eigenvalue weighted by atomic mass is 10.0. The maximum absolute atomic E-state index is 9.12. The number of hydrogen-bond acceptors (Lipinski definition) is 3. The van der Waals surface area contributed by atoms with Crippen molar-refractivity contribution in [1.29, 1.82) is 5.26 Å². The smallest absolute Gasteiger partial charge is 0.101 e. The van der Waals surface area contributed by atoms with E-state index in [1.54, 1.807) is 6.07 Å². The summed E-state index contributed by atoms with van der Waals surface area (Å²) < 4.78 is 0. The predicted octanol–water partition coefficient (Wildman–Crippen LogP) is 3.27. The van der Waals surface area contributed by atoms with Gasteiger partial charge in [-0.25, -0.2) is 0 Å². The van der Waals surface area contributed by atoms with E-state index in [2.05, 4.69) is 22.9 Å². The van der Waals surface area contributed by atoms with Crippen molar-refractivity contribution in [3.05, 3.63) is 41.4 Å². The summed E-state index contributed by atoms with van der Waals surface area (Å²) in [6.07, 6.45) is 4.11. The highest BCUT2D eigenvalue weighted by Gasteiger charge is 2.18. The molecule has 1 aliphatic heterocycles. The van der Waals surface area contributed by atoms with Gasteiger partial charge in [0.25, 0.3) is 0 Å². The maximum atomic E-state index is 9.12. The van der Waals surface area contributed by atoms with Gasteiger partial charge in [-0.2, -0.15) is 5.26 Å². The lowest BCUT2D eigenvalue weighted by Crippen LogP contribution is -2.39. The Labute approximate surface area is 119 Å². The summed E-state index contributed by atoms with van der Waals surface area (Å²) in [4.78, 5) is 2.39. The SMILES string of the molecule is C=CCN1CCC(Nc2ccc(Cl)cc2C#N)CC1. The minimum Gasteiger partial charge on any atom is -0.381 e. The molecule has 2 rings (SSSR count). The van der Waals surface area contributed by atoms with E-state index in [1.165, 1.54) is 0 Å². The zero-order chi connectivity index (χ0) is 13.7. The third kappa shape index (κ3) is 3.73. The molecule has 19 heavy (non-hydrogen) atoms. The lowest BCUT2D eigenvalue weighted by molar-refractivity contribution is 0.240. The highest BCUT2D eigenvalue weighted by atomic mass is 35.5. The number of benzene rings is 1. The summed E-state index contributed by atoms with van der Waals surface area (Å²) in [5.74, 6) is 0. The van der Waals surface area contributed by atoms with Gasteiger partial charge in [0.1, 0.15) is 6.07 Å². The summed E-state index contributed by atoms with van der Waals surface area (Å²) in [6.45, 7) is 6.86. The molecular formula is C15H18ClN3. The van der Waals surface area contributed by atoms with Crippen LogP contribution in [0.2, 0.25) is 5.02 Å². The first-order valence-electron chi connectivity index (χ1n) is 6.52. The minimum absolute atomic E-state index is 0.425. The van der Waals surface area contributed by atoms with Crippen molar-refractivity contribution in [1.82, 2.24) is 4.90 Å². The molecule has 1 aromatic carbocycles. The van der Waals surface area contributed by atoms with Gasteiger partial charge in [0, 0.05) is 30.7 Å². The molecule has 0 radical (unpaired) electrons. The first kappa shape index (κ1) is 13.9. The average molecular weight is 276 g/mol. The topological polar surface area (TPSA) is 39.1 Å². The van der Waals surface area contributed by atoms with E-state index in [4.69, 9.17) is 16.9 Å². The van der Waals surface area contributed by atoms with Gasteiger partial charge in [0.2, 0.25) is 0 Å². The molecule has 0 amide bonds. The Bertz CT molecular complexity index is 485. The molecule has 0 aliphatic carbocycles. The van der Waals surface area contributed by atoms with Crippen LogP contribution in [0.15, 0.2) is 30.9 Å². The number of nitrogens with zero attached hydrogens (tertiary/aromatic N) is 2. The van der Waals surface area contributed by atoms with Crippen LogP contribution in [-0.2, 0) is 0 Å². The molecule has 1 saturated heterocycles. The molecule has 0 saturated carbocycles. The third-order valence-corrected chi connectivity index (χ3v) is 3.67. The second kappa shape index (κ2) is 6.60. The van der Waals surface area contributed by atoms with Crippen LogP contribution in [0.3, 0.4) is 0 Å². The van der Waals surface area contributed by atoms with Crippen molar-refractivity contribution >= 4 is 17.3 Å². The molecule has 0 aromatic heterocycles. The fourth-order valence-electron chi connectivity index (χ4n) is 2.40. The van der Waals surface area contributed by atoms with Gasteiger partial charge < -0.3 is 5.32 Å². The first-order valence-corrected chi connectivity index (χ1v) is 6.90. The molecule has 4 heteroatoms. The summed E-state index contributed by atoms with van der Waals surface area (Å²) >= 11 is 5.90. The van der Waals surface area contributed by atoms with Crippen LogP contribution in [0.4, 0.5) is 5.69 Å². The normalized spacial score (nSPS) is 16.8. The van der Waals surface area contributed by atoms with Crippen LogP contribution in [0.25, 0.3) is 0 Å². The van der Waals surface area contributed by atoms with Gasteiger partial charge in [-0.15, -0.1) is 6.58 Å². The third-order valence-electron chi connectivity index (χ3n) is 3.44. The molecule has 1 N–H and O–H groups in total. The Balaban J connectivity index is 1.96. The Morgan fingerprint density at radius 1 is 1.47 bits per heavy atom. The molecule has 1 aromatic rings. The largest absolute Gasteiger partial charge is 0.381 e. The van der Waals surface area contributed by atoms with E-state index in [0.29, 0.717) is 16.6 Å². The van der Waals surface area contributed by atoms with Gasteiger partial charge in [-0.05, 0) is 31.0 Å². The highest BCUT2D eigenvalue weighted by Crippen LogP contribution is 2.23. The molecule has 3 nitrogen and oxygen atoms in total. The zero-order valence-electron chi connectivity index (χ0n) is 10.9. The Morgan fingerprint density at radius 2 is 2.21 bits per heavy atom.